The summed E-state index contributed by atoms with van der Waals surface area (Å²) in [7, 11) is 0. The molecular weight excluding hydrogens is 351 g/mol. The van der Waals surface area contributed by atoms with E-state index in [4.69, 9.17) is 4.74 Å². The highest BCUT2D eigenvalue weighted by Crippen LogP contribution is 2.10. The number of hydrogen-bond donors (Lipinski definition) is 2. The fourth-order valence-corrected chi connectivity index (χ4v) is 2.20. The summed E-state index contributed by atoms with van der Waals surface area (Å²) in [5.41, 5.74) is 2.18. The zero-order chi connectivity index (χ0) is 19.6. The van der Waals surface area contributed by atoms with Gasteiger partial charge in [0.25, 0.3) is 5.91 Å². The SMILES string of the molecule is Cc1ccc(NC(=O)COC(=O)CCCC(=O)Nc2ccc(F)cc2)cc1. The van der Waals surface area contributed by atoms with E-state index in [2.05, 4.69) is 10.6 Å². The van der Waals surface area contributed by atoms with E-state index in [-0.39, 0.29) is 37.6 Å². The molecule has 0 aromatic heterocycles. The van der Waals surface area contributed by atoms with Crippen LogP contribution in [0.25, 0.3) is 0 Å². The highest BCUT2D eigenvalue weighted by atomic mass is 19.1. The van der Waals surface area contributed by atoms with Gasteiger partial charge in [-0.2, -0.15) is 0 Å². The summed E-state index contributed by atoms with van der Waals surface area (Å²) < 4.78 is 17.7. The Morgan fingerprint density at radius 2 is 1.41 bits per heavy atom. The van der Waals surface area contributed by atoms with Crippen molar-refractivity contribution in [2.75, 3.05) is 17.2 Å². The van der Waals surface area contributed by atoms with E-state index in [0.29, 0.717) is 11.4 Å². The molecule has 27 heavy (non-hydrogen) atoms. The molecule has 2 aromatic rings. The normalized spacial score (nSPS) is 10.1. The van der Waals surface area contributed by atoms with Gasteiger partial charge in [0.05, 0.1) is 0 Å². The molecule has 0 heterocycles. The molecule has 0 aliphatic carbocycles. The Labute approximate surface area is 156 Å². The number of benzene rings is 2. The van der Waals surface area contributed by atoms with Crippen molar-refractivity contribution < 1.29 is 23.5 Å². The second-order valence-electron chi connectivity index (χ2n) is 5.98. The van der Waals surface area contributed by atoms with Gasteiger partial charge in [0.2, 0.25) is 5.91 Å². The number of carbonyl (C=O) groups excluding carboxylic acids is 3. The predicted molar refractivity (Wildman–Crippen MR) is 99.6 cm³/mol. The quantitative estimate of drug-likeness (QED) is 0.696. The number of esters is 1. The minimum atomic E-state index is -0.552. The second kappa shape index (κ2) is 10.1. The van der Waals surface area contributed by atoms with Crippen LogP contribution in [0.5, 0.6) is 0 Å². The average Bonchev–Trinajstić information content (AvgIpc) is 2.64. The number of ether oxygens (including phenoxy) is 1. The molecule has 0 atom stereocenters. The number of rotatable bonds is 8. The van der Waals surface area contributed by atoms with E-state index < -0.39 is 11.9 Å². The molecule has 0 bridgehead atoms. The van der Waals surface area contributed by atoms with Crippen LogP contribution < -0.4 is 10.6 Å². The molecule has 2 aromatic carbocycles. The summed E-state index contributed by atoms with van der Waals surface area (Å²) in [6.45, 7) is 1.56. The minimum absolute atomic E-state index is 0.0225. The zero-order valence-corrected chi connectivity index (χ0v) is 15.0. The molecule has 2 amide bonds. The van der Waals surface area contributed by atoms with Crippen LogP contribution in [0.4, 0.5) is 15.8 Å². The maximum Gasteiger partial charge on any atom is 0.306 e. The molecule has 0 fully saturated rings. The van der Waals surface area contributed by atoms with Gasteiger partial charge in [-0.1, -0.05) is 17.7 Å². The maximum absolute atomic E-state index is 12.8. The summed E-state index contributed by atoms with van der Waals surface area (Å²) in [6, 6.07) is 12.6. The molecule has 0 saturated heterocycles. The lowest BCUT2D eigenvalue weighted by molar-refractivity contribution is -0.147. The molecule has 0 aliphatic rings. The van der Waals surface area contributed by atoms with E-state index in [0.717, 1.165) is 5.56 Å². The van der Waals surface area contributed by atoms with Crippen LogP contribution in [0.2, 0.25) is 0 Å². The Kier molecular flexibility index (Phi) is 7.49. The number of amides is 2. The van der Waals surface area contributed by atoms with Gasteiger partial charge in [-0.15, -0.1) is 0 Å². The molecule has 2 rings (SSSR count). The number of nitrogens with one attached hydrogen (secondary N) is 2. The van der Waals surface area contributed by atoms with Gasteiger partial charge in [-0.05, 0) is 49.7 Å². The Hall–Kier alpha value is -3.22. The van der Waals surface area contributed by atoms with Gasteiger partial charge in [0, 0.05) is 24.2 Å². The molecule has 7 heteroatoms. The van der Waals surface area contributed by atoms with Gasteiger partial charge in [0.1, 0.15) is 5.82 Å². The Morgan fingerprint density at radius 1 is 0.852 bits per heavy atom. The first-order valence-electron chi connectivity index (χ1n) is 8.50. The monoisotopic (exact) mass is 372 g/mol. The maximum atomic E-state index is 12.8. The van der Waals surface area contributed by atoms with E-state index >= 15 is 0 Å². The van der Waals surface area contributed by atoms with E-state index in [9.17, 15) is 18.8 Å². The van der Waals surface area contributed by atoms with Crippen LogP contribution in [-0.2, 0) is 19.1 Å². The number of aryl methyl sites for hydroxylation is 1. The Morgan fingerprint density at radius 3 is 2.04 bits per heavy atom. The number of carbonyl (C=O) groups is 3. The summed E-state index contributed by atoms with van der Waals surface area (Å²) in [4.78, 5) is 35.1. The summed E-state index contributed by atoms with van der Waals surface area (Å²) in [5, 5.41) is 5.23. The van der Waals surface area contributed by atoms with Gasteiger partial charge in [-0.25, -0.2) is 4.39 Å². The first-order chi connectivity index (χ1) is 12.9. The minimum Gasteiger partial charge on any atom is -0.456 e. The zero-order valence-electron chi connectivity index (χ0n) is 15.0. The molecule has 0 radical (unpaired) electrons. The first kappa shape index (κ1) is 20.1. The van der Waals surface area contributed by atoms with Gasteiger partial charge in [0.15, 0.2) is 6.61 Å². The van der Waals surface area contributed by atoms with Crippen molar-refractivity contribution >= 4 is 29.2 Å². The third-order valence-corrected chi connectivity index (χ3v) is 3.61. The molecular formula is C20H21FN2O4. The third-order valence-electron chi connectivity index (χ3n) is 3.61. The van der Waals surface area contributed by atoms with Crippen molar-refractivity contribution in [2.45, 2.75) is 26.2 Å². The van der Waals surface area contributed by atoms with Crippen molar-refractivity contribution in [2.24, 2.45) is 0 Å². The van der Waals surface area contributed by atoms with Crippen molar-refractivity contribution in [1.82, 2.24) is 0 Å². The van der Waals surface area contributed by atoms with E-state index in [1.807, 2.05) is 19.1 Å². The van der Waals surface area contributed by atoms with Crippen molar-refractivity contribution in [3.63, 3.8) is 0 Å². The number of halogens is 1. The Bertz CT molecular complexity index is 789. The highest BCUT2D eigenvalue weighted by molar-refractivity contribution is 5.93. The fourth-order valence-electron chi connectivity index (χ4n) is 2.20. The number of hydrogen-bond acceptors (Lipinski definition) is 4. The molecule has 6 nitrogen and oxygen atoms in total. The molecule has 0 aliphatic heterocycles. The van der Waals surface area contributed by atoms with Crippen molar-refractivity contribution in [1.29, 1.82) is 0 Å². The van der Waals surface area contributed by atoms with Crippen LogP contribution in [0, 0.1) is 12.7 Å². The van der Waals surface area contributed by atoms with Gasteiger partial charge in [-0.3, -0.25) is 14.4 Å². The fraction of sp³-hybridized carbons (Fsp3) is 0.250. The summed E-state index contributed by atoms with van der Waals surface area (Å²) in [5.74, 6) is -1.65. The Balaban J connectivity index is 1.61. The predicted octanol–water partition coefficient (Wildman–Crippen LogP) is 3.42. The van der Waals surface area contributed by atoms with Crippen molar-refractivity contribution in [3.8, 4) is 0 Å². The summed E-state index contributed by atoms with van der Waals surface area (Å²) >= 11 is 0. The first-order valence-corrected chi connectivity index (χ1v) is 8.50. The number of anilines is 2. The topological polar surface area (TPSA) is 84.5 Å². The second-order valence-corrected chi connectivity index (χ2v) is 5.98. The largest absolute Gasteiger partial charge is 0.456 e. The van der Waals surface area contributed by atoms with Crippen LogP contribution in [0.15, 0.2) is 48.5 Å². The third kappa shape index (κ3) is 7.68. The average molecular weight is 372 g/mol. The van der Waals surface area contributed by atoms with Crippen molar-refractivity contribution in [3.05, 3.63) is 59.9 Å². The molecule has 142 valence electrons. The molecule has 0 unspecified atom stereocenters. The molecule has 2 N–H and O–H groups in total. The lowest BCUT2D eigenvalue weighted by Gasteiger charge is -2.07. The summed E-state index contributed by atoms with van der Waals surface area (Å²) in [6.07, 6.45) is 0.419. The standard InChI is InChI=1S/C20H21FN2O4/c1-14-5-9-16(10-6-14)23-19(25)13-27-20(26)4-2-3-18(24)22-17-11-7-15(21)8-12-17/h5-12H,2-4,13H2,1H3,(H,22,24)(H,23,25). The molecule has 0 saturated carbocycles. The van der Waals surface area contributed by atoms with Crippen LogP contribution in [0.3, 0.4) is 0 Å². The van der Waals surface area contributed by atoms with E-state index in [1.165, 1.54) is 24.3 Å². The van der Waals surface area contributed by atoms with Crippen LogP contribution >= 0.6 is 0 Å². The molecule has 0 spiro atoms. The van der Waals surface area contributed by atoms with Gasteiger partial charge < -0.3 is 15.4 Å². The van der Waals surface area contributed by atoms with E-state index in [1.54, 1.807) is 12.1 Å². The highest BCUT2D eigenvalue weighted by Gasteiger charge is 2.10. The van der Waals surface area contributed by atoms with Crippen LogP contribution in [0.1, 0.15) is 24.8 Å². The lowest BCUT2D eigenvalue weighted by Crippen LogP contribution is -2.21. The van der Waals surface area contributed by atoms with Crippen LogP contribution in [-0.4, -0.2) is 24.4 Å². The van der Waals surface area contributed by atoms with Gasteiger partial charge >= 0.3 is 5.97 Å². The smallest absolute Gasteiger partial charge is 0.306 e. The lowest BCUT2D eigenvalue weighted by atomic mass is 10.2.